The molecule has 1 aliphatic heterocycles. The maximum atomic E-state index is 13.2. The number of fused-ring (bicyclic) bond motifs is 1. The van der Waals surface area contributed by atoms with Gasteiger partial charge in [0.2, 0.25) is 10.0 Å². The van der Waals surface area contributed by atoms with Crippen LogP contribution < -0.4 is 5.32 Å². The Bertz CT molecular complexity index is 1060. The molecule has 0 unspecified atom stereocenters. The summed E-state index contributed by atoms with van der Waals surface area (Å²) in [5.74, 6) is 0.988. The van der Waals surface area contributed by atoms with Crippen molar-refractivity contribution in [3.8, 4) is 0 Å². The smallest absolute Gasteiger partial charge is 0.255 e. The van der Waals surface area contributed by atoms with E-state index in [1.807, 2.05) is 0 Å². The Morgan fingerprint density at radius 1 is 1.21 bits per heavy atom. The molecular weight excluding hydrogens is 394 g/mol. The Morgan fingerprint density at radius 2 is 1.93 bits per heavy atom. The maximum absolute atomic E-state index is 13.2. The number of benzene rings is 1. The van der Waals surface area contributed by atoms with E-state index in [-0.39, 0.29) is 28.7 Å². The van der Waals surface area contributed by atoms with Crippen molar-refractivity contribution in [2.45, 2.75) is 43.7 Å². The van der Waals surface area contributed by atoms with Crippen LogP contribution in [0.15, 0.2) is 33.7 Å². The SMILES string of the molecule is Cc1noc(C)c1NC(=O)c1ccc(S(=O)(=O)N2C[C@@H]3C[C@H]4C[C@H]3[C@H]2[C@H]4O)cc1. The largest absolute Gasteiger partial charge is 0.391 e. The van der Waals surface area contributed by atoms with E-state index < -0.39 is 16.1 Å². The molecule has 9 heteroatoms. The summed E-state index contributed by atoms with van der Waals surface area (Å²) < 4.78 is 32.9. The molecule has 29 heavy (non-hydrogen) atoms. The Hall–Kier alpha value is -2.23. The van der Waals surface area contributed by atoms with Gasteiger partial charge in [-0.3, -0.25) is 4.79 Å². The van der Waals surface area contributed by atoms with Gasteiger partial charge in [0.1, 0.15) is 11.4 Å². The number of hydrogen-bond donors (Lipinski definition) is 2. The van der Waals surface area contributed by atoms with Crippen LogP contribution >= 0.6 is 0 Å². The maximum Gasteiger partial charge on any atom is 0.255 e. The first kappa shape index (κ1) is 18.8. The summed E-state index contributed by atoms with van der Waals surface area (Å²) >= 11 is 0. The highest BCUT2D eigenvalue weighted by Crippen LogP contribution is 2.56. The first-order chi connectivity index (χ1) is 13.8. The number of sulfonamides is 1. The molecule has 3 aliphatic rings. The zero-order valence-corrected chi connectivity index (χ0v) is 17.0. The van der Waals surface area contributed by atoms with Crippen molar-refractivity contribution in [3.63, 3.8) is 0 Å². The van der Waals surface area contributed by atoms with Gasteiger partial charge in [-0.15, -0.1) is 0 Å². The molecule has 2 aromatic rings. The number of carbonyl (C=O) groups excluding carboxylic acids is 1. The van der Waals surface area contributed by atoms with Gasteiger partial charge in [0, 0.05) is 12.1 Å². The number of nitrogens with one attached hydrogen (secondary N) is 1. The molecule has 2 N–H and O–H groups in total. The van der Waals surface area contributed by atoms with Gasteiger partial charge < -0.3 is 14.9 Å². The second-order valence-electron chi connectivity index (χ2n) is 8.39. The summed E-state index contributed by atoms with van der Waals surface area (Å²) in [4.78, 5) is 12.6. The van der Waals surface area contributed by atoms with E-state index in [9.17, 15) is 18.3 Å². The standard InChI is InChI=1S/C20H23N3O5S/c1-10-17(11(2)28-22-10)21-20(25)12-3-5-15(6-4-12)29(26,27)23-9-14-7-13-8-16(14)18(23)19(13)24/h3-6,13-14,16,18-19,24H,7-9H2,1-2H3,(H,21,25)/t13-,14-,16+,18-,19-/m0/s1. The fraction of sp³-hybridized carbons (Fsp3) is 0.500. The minimum Gasteiger partial charge on any atom is -0.391 e. The average Bonchev–Trinajstić information content (AvgIpc) is 3.40. The Labute approximate surface area is 168 Å². The zero-order valence-electron chi connectivity index (χ0n) is 16.2. The molecule has 5 atom stereocenters. The molecular formula is C20H23N3O5S. The van der Waals surface area contributed by atoms with E-state index in [4.69, 9.17) is 4.52 Å². The van der Waals surface area contributed by atoms with E-state index >= 15 is 0 Å². The number of aliphatic hydroxyl groups is 1. The number of nitrogens with zero attached hydrogens (tertiary/aromatic N) is 2. The molecule has 5 rings (SSSR count). The third kappa shape index (κ3) is 2.75. The van der Waals surface area contributed by atoms with Crippen molar-refractivity contribution in [1.29, 1.82) is 0 Å². The van der Waals surface area contributed by atoms with Crippen molar-refractivity contribution in [1.82, 2.24) is 9.46 Å². The fourth-order valence-corrected chi connectivity index (χ4v) is 7.14. The second-order valence-corrected chi connectivity index (χ2v) is 10.3. The first-order valence-electron chi connectivity index (χ1n) is 9.81. The molecule has 2 saturated carbocycles. The van der Waals surface area contributed by atoms with E-state index in [1.165, 1.54) is 28.6 Å². The zero-order chi connectivity index (χ0) is 20.5. The van der Waals surface area contributed by atoms with E-state index in [0.29, 0.717) is 35.2 Å². The molecule has 0 radical (unpaired) electrons. The van der Waals surface area contributed by atoms with Crippen LogP contribution in [0.4, 0.5) is 5.69 Å². The summed E-state index contributed by atoms with van der Waals surface area (Å²) in [5, 5.41) is 17.0. The monoisotopic (exact) mass is 417 g/mol. The molecule has 0 spiro atoms. The van der Waals surface area contributed by atoms with Crippen molar-refractivity contribution >= 4 is 21.6 Å². The summed E-state index contributed by atoms with van der Waals surface area (Å²) in [5.41, 5.74) is 1.43. The van der Waals surface area contributed by atoms with Crippen LogP contribution in [0.2, 0.25) is 0 Å². The molecule has 1 aromatic carbocycles. The van der Waals surface area contributed by atoms with Crippen molar-refractivity contribution in [2.24, 2.45) is 17.8 Å². The van der Waals surface area contributed by atoms with Crippen LogP contribution in [0.1, 0.15) is 34.7 Å². The minimum absolute atomic E-state index is 0.142. The highest BCUT2D eigenvalue weighted by atomic mass is 32.2. The second kappa shape index (κ2) is 6.38. The predicted molar refractivity (Wildman–Crippen MR) is 104 cm³/mol. The molecule has 1 saturated heterocycles. The number of aliphatic hydroxyl groups excluding tert-OH is 1. The third-order valence-electron chi connectivity index (χ3n) is 6.80. The Morgan fingerprint density at radius 3 is 2.55 bits per heavy atom. The lowest BCUT2D eigenvalue weighted by atomic mass is 9.88. The summed E-state index contributed by atoms with van der Waals surface area (Å²) in [6.07, 6.45) is 1.26. The van der Waals surface area contributed by atoms with Gasteiger partial charge in [-0.05, 0) is 68.7 Å². The van der Waals surface area contributed by atoms with Crippen LogP contribution in [0.3, 0.4) is 0 Å². The van der Waals surface area contributed by atoms with E-state index in [0.717, 1.165) is 12.8 Å². The van der Waals surface area contributed by atoms with Crippen LogP contribution in [-0.2, 0) is 10.0 Å². The molecule has 1 aromatic heterocycles. The Kier molecular flexibility index (Phi) is 4.13. The number of amides is 1. The molecule has 3 fully saturated rings. The molecule has 2 bridgehead atoms. The van der Waals surface area contributed by atoms with Gasteiger partial charge in [-0.2, -0.15) is 4.31 Å². The van der Waals surface area contributed by atoms with Gasteiger partial charge in [0.25, 0.3) is 5.91 Å². The lowest BCUT2D eigenvalue weighted by Crippen LogP contribution is -2.43. The summed E-state index contributed by atoms with van der Waals surface area (Å²) in [6, 6.07) is 5.59. The van der Waals surface area contributed by atoms with Crippen molar-refractivity contribution in [3.05, 3.63) is 41.3 Å². The van der Waals surface area contributed by atoms with Crippen molar-refractivity contribution in [2.75, 3.05) is 11.9 Å². The van der Waals surface area contributed by atoms with Crippen LogP contribution in [0.25, 0.3) is 0 Å². The van der Waals surface area contributed by atoms with Gasteiger partial charge in [-0.25, -0.2) is 8.42 Å². The van der Waals surface area contributed by atoms with Crippen LogP contribution in [0, 0.1) is 31.6 Å². The number of carbonyl (C=O) groups is 1. The minimum atomic E-state index is -3.72. The number of aryl methyl sites for hydroxylation is 2. The lowest BCUT2D eigenvalue weighted by molar-refractivity contribution is 0.0731. The lowest BCUT2D eigenvalue weighted by Gasteiger charge is -2.28. The molecule has 2 heterocycles. The predicted octanol–water partition coefficient (Wildman–Crippen LogP) is 1.93. The van der Waals surface area contributed by atoms with E-state index in [2.05, 4.69) is 10.5 Å². The van der Waals surface area contributed by atoms with Crippen LogP contribution in [-0.4, -0.2) is 47.6 Å². The highest BCUT2D eigenvalue weighted by Gasteiger charge is 2.61. The van der Waals surface area contributed by atoms with Gasteiger partial charge in [-0.1, -0.05) is 5.16 Å². The summed E-state index contributed by atoms with van der Waals surface area (Å²) in [6.45, 7) is 3.91. The first-order valence-corrected chi connectivity index (χ1v) is 11.3. The number of hydrogen-bond acceptors (Lipinski definition) is 6. The van der Waals surface area contributed by atoms with E-state index in [1.54, 1.807) is 13.8 Å². The quantitative estimate of drug-likeness (QED) is 0.786. The average molecular weight is 417 g/mol. The third-order valence-corrected chi connectivity index (χ3v) is 8.68. The van der Waals surface area contributed by atoms with Crippen molar-refractivity contribution < 1.29 is 22.8 Å². The van der Waals surface area contributed by atoms with Gasteiger partial charge >= 0.3 is 0 Å². The molecule has 8 nitrogen and oxygen atoms in total. The van der Waals surface area contributed by atoms with Crippen LogP contribution in [0.5, 0.6) is 0 Å². The molecule has 1 amide bonds. The topological polar surface area (TPSA) is 113 Å². The normalized spacial score (nSPS) is 30.8. The van der Waals surface area contributed by atoms with Gasteiger partial charge in [0.15, 0.2) is 5.76 Å². The molecule has 154 valence electrons. The number of aromatic nitrogens is 1. The molecule has 2 aliphatic carbocycles. The summed E-state index contributed by atoms with van der Waals surface area (Å²) in [7, 11) is -3.72. The van der Waals surface area contributed by atoms with Gasteiger partial charge in [0.05, 0.1) is 17.0 Å². The number of anilines is 1. The Balaban J connectivity index is 1.37. The highest BCUT2D eigenvalue weighted by molar-refractivity contribution is 7.89. The number of rotatable bonds is 4. The fourth-order valence-electron chi connectivity index (χ4n) is 5.40.